The predicted molar refractivity (Wildman–Crippen MR) is 91.8 cm³/mol. The van der Waals surface area contributed by atoms with Crippen molar-refractivity contribution in [3.63, 3.8) is 0 Å². The summed E-state index contributed by atoms with van der Waals surface area (Å²) in [6.45, 7) is 9.80. The van der Waals surface area contributed by atoms with Crippen LogP contribution < -0.4 is 5.32 Å². The topological polar surface area (TPSA) is 60.5 Å². The maximum Gasteiger partial charge on any atom is 0.226 e. The van der Waals surface area contributed by atoms with E-state index in [9.17, 15) is 4.79 Å². The van der Waals surface area contributed by atoms with Crippen LogP contribution in [0.4, 0.5) is 0 Å². The molecule has 1 aromatic rings. The van der Waals surface area contributed by atoms with Crippen molar-refractivity contribution in [2.75, 3.05) is 19.8 Å². The number of aromatic nitrogens is 1. The number of carbonyl (C=O) groups excluding carboxylic acids is 1. The summed E-state index contributed by atoms with van der Waals surface area (Å²) in [6, 6.07) is -0.0955. The van der Waals surface area contributed by atoms with Gasteiger partial charge in [-0.3, -0.25) is 4.79 Å². The molecule has 1 aliphatic rings. The summed E-state index contributed by atoms with van der Waals surface area (Å²) >= 11 is 1.62. The number of amides is 1. The fourth-order valence-electron chi connectivity index (χ4n) is 2.54. The first-order valence-corrected chi connectivity index (χ1v) is 8.82. The number of hydrogen-bond acceptors (Lipinski definition) is 5. The van der Waals surface area contributed by atoms with Gasteiger partial charge in [-0.2, -0.15) is 0 Å². The lowest BCUT2D eigenvalue weighted by molar-refractivity contribution is -0.125. The van der Waals surface area contributed by atoms with Crippen molar-refractivity contribution >= 4 is 17.2 Å². The van der Waals surface area contributed by atoms with E-state index in [1.54, 1.807) is 11.3 Å². The van der Waals surface area contributed by atoms with Gasteiger partial charge in [-0.1, -0.05) is 11.6 Å². The van der Waals surface area contributed by atoms with Crippen molar-refractivity contribution in [3.05, 3.63) is 27.2 Å². The van der Waals surface area contributed by atoms with Gasteiger partial charge in [0.25, 0.3) is 0 Å². The Morgan fingerprint density at radius 2 is 2.26 bits per heavy atom. The number of rotatable bonds is 6. The number of nitrogens with zero attached hydrogens (tertiary/aromatic N) is 1. The van der Waals surface area contributed by atoms with Crippen LogP contribution in [0.25, 0.3) is 0 Å². The molecule has 2 heterocycles. The normalized spacial score (nSPS) is 21.0. The van der Waals surface area contributed by atoms with Crippen molar-refractivity contribution in [1.29, 1.82) is 0 Å². The average molecular weight is 338 g/mol. The fraction of sp³-hybridized carbons (Fsp3) is 0.647. The minimum absolute atomic E-state index is 0.00145. The summed E-state index contributed by atoms with van der Waals surface area (Å²) in [5.74, 6) is -0.0234. The van der Waals surface area contributed by atoms with Crippen LogP contribution in [-0.2, 0) is 20.7 Å². The minimum Gasteiger partial charge on any atom is -0.379 e. The number of thiazole rings is 1. The highest BCUT2D eigenvalue weighted by molar-refractivity contribution is 7.11. The van der Waals surface area contributed by atoms with E-state index >= 15 is 0 Å². The van der Waals surface area contributed by atoms with E-state index in [0.717, 1.165) is 22.0 Å². The van der Waals surface area contributed by atoms with E-state index in [1.165, 1.54) is 5.57 Å². The maximum atomic E-state index is 12.3. The number of carbonyl (C=O) groups is 1. The van der Waals surface area contributed by atoms with Gasteiger partial charge in [0.05, 0.1) is 42.5 Å². The largest absolute Gasteiger partial charge is 0.379 e. The fourth-order valence-corrected chi connectivity index (χ4v) is 3.37. The Hall–Kier alpha value is -1.24. The number of ether oxygens (including phenoxy) is 2. The van der Waals surface area contributed by atoms with E-state index in [1.807, 2.05) is 27.7 Å². The van der Waals surface area contributed by atoms with E-state index < -0.39 is 0 Å². The molecular weight excluding hydrogens is 312 g/mol. The van der Waals surface area contributed by atoms with Gasteiger partial charge in [-0.05, 0) is 34.1 Å². The zero-order valence-corrected chi connectivity index (χ0v) is 15.2. The van der Waals surface area contributed by atoms with Crippen molar-refractivity contribution in [2.24, 2.45) is 0 Å². The second-order valence-corrected chi connectivity index (χ2v) is 7.51. The van der Waals surface area contributed by atoms with Gasteiger partial charge in [0.1, 0.15) is 0 Å². The zero-order valence-electron chi connectivity index (χ0n) is 14.3. The highest BCUT2D eigenvalue weighted by atomic mass is 32.1. The Kier molecular flexibility index (Phi) is 6.74. The molecule has 1 fully saturated rings. The van der Waals surface area contributed by atoms with E-state index in [0.29, 0.717) is 26.2 Å². The van der Waals surface area contributed by atoms with Gasteiger partial charge in [-0.25, -0.2) is 4.98 Å². The molecule has 1 amide bonds. The minimum atomic E-state index is -0.0955. The zero-order chi connectivity index (χ0) is 16.8. The first kappa shape index (κ1) is 18.1. The first-order chi connectivity index (χ1) is 11.0. The summed E-state index contributed by atoms with van der Waals surface area (Å²) in [7, 11) is 0. The van der Waals surface area contributed by atoms with Crippen molar-refractivity contribution in [3.8, 4) is 0 Å². The molecule has 0 saturated carbocycles. The van der Waals surface area contributed by atoms with Gasteiger partial charge in [0.15, 0.2) is 0 Å². The van der Waals surface area contributed by atoms with Gasteiger partial charge >= 0.3 is 0 Å². The van der Waals surface area contributed by atoms with Crippen molar-refractivity contribution in [1.82, 2.24) is 10.3 Å². The number of nitrogens with one attached hydrogen (secondary N) is 1. The van der Waals surface area contributed by atoms with E-state index in [4.69, 9.17) is 9.47 Å². The summed E-state index contributed by atoms with van der Waals surface area (Å²) < 4.78 is 11.4. The van der Waals surface area contributed by atoms with Crippen LogP contribution in [0.3, 0.4) is 0 Å². The number of allylic oxidation sites excluding steroid dienone is 1. The SMILES string of the molecule is CC(C)=CCO[C@@H]1CCOC[C@@H]1NC(=O)Cc1nc(C)sc1C. The summed E-state index contributed by atoms with van der Waals surface area (Å²) in [6.07, 6.45) is 3.17. The molecule has 0 unspecified atom stereocenters. The lowest BCUT2D eigenvalue weighted by atomic mass is 10.1. The lowest BCUT2D eigenvalue weighted by Gasteiger charge is -2.31. The Labute approximate surface area is 142 Å². The Balaban J connectivity index is 1.89. The Morgan fingerprint density at radius 3 is 2.91 bits per heavy atom. The van der Waals surface area contributed by atoms with Gasteiger partial charge in [-0.15, -0.1) is 11.3 Å². The average Bonchev–Trinajstić information content (AvgIpc) is 2.78. The van der Waals surface area contributed by atoms with Crippen LogP contribution in [0.15, 0.2) is 11.6 Å². The monoisotopic (exact) mass is 338 g/mol. The smallest absolute Gasteiger partial charge is 0.226 e. The molecule has 0 radical (unpaired) electrons. The van der Waals surface area contributed by atoms with Gasteiger partial charge in [0, 0.05) is 11.5 Å². The van der Waals surface area contributed by atoms with Crippen LogP contribution in [0, 0.1) is 13.8 Å². The third-order valence-corrected chi connectivity index (χ3v) is 4.70. The van der Waals surface area contributed by atoms with Gasteiger partial charge in [0.2, 0.25) is 5.91 Å². The van der Waals surface area contributed by atoms with Gasteiger partial charge < -0.3 is 14.8 Å². The highest BCUT2D eigenvalue weighted by Crippen LogP contribution is 2.17. The molecule has 0 spiro atoms. The van der Waals surface area contributed by atoms with Crippen LogP contribution in [0.1, 0.15) is 35.8 Å². The molecule has 2 atom stereocenters. The third kappa shape index (κ3) is 5.71. The first-order valence-electron chi connectivity index (χ1n) is 8.00. The third-order valence-electron chi connectivity index (χ3n) is 3.77. The van der Waals surface area contributed by atoms with E-state index in [2.05, 4.69) is 16.4 Å². The second kappa shape index (κ2) is 8.57. The van der Waals surface area contributed by atoms with Crippen LogP contribution >= 0.6 is 11.3 Å². The molecular formula is C17H26N2O3S. The quantitative estimate of drug-likeness (QED) is 0.810. The van der Waals surface area contributed by atoms with Crippen LogP contribution in [0.5, 0.6) is 0 Å². The molecule has 0 aromatic carbocycles. The molecule has 0 aliphatic carbocycles. The number of aryl methyl sites for hydroxylation is 2. The summed E-state index contributed by atoms with van der Waals surface area (Å²) in [4.78, 5) is 17.8. The molecule has 23 heavy (non-hydrogen) atoms. The van der Waals surface area contributed by atoms with E-state index in [-0.39, 0.29) is 18.1 Å². The lowest BCUT2D eigenvalue weighted by Crippen LogP contribution is -2.51. The number of hydrogen-bond donors (Lipinski definition) is 1. The van der Waals surface area contributed by atoms with Crippen LogP contribution in [-0.4, -0.2) is 42.9 Å². The Bertz CT molecular complexity index is 564. The molecule has 1 aromatic heterocycles. The molecule has 1 N–H and O–H groups in total. The molecule has 6 heteroatoms. The summed E-state index contributed by atoms with van der Waals surface area (Å²) in [5.41, 5.74) is 2.09. The molecule has 5 nitrogen and oxygen atoms in total. The molecule has 1 saturated heterocycles. The van der Waals surface area contributed by atoms with Crippen molar-refractivity contribution < 1.29 is 14.3 Å². The second-order valence-electron chi connectivity index (χ2n) is 6.10. The maximum absolute atomic E-state index is 12.3. The molecule has 0 bridgehead atoms. The molecule has 1 aliphatic heterocycles. The standard InChI is InChI=1S/C17H26N2O3S/c1-11(2)5-8-22-16-6-7-21-10-15(16)19-17(20)9-14-12(3)23-13(4)18-14/h5,15-16H,6-10H2,1-4H3,(H,19,20)/t15-,16+/m0/s1. The predicted octanol–water partition coefficient (Wildman–Crippen LogP) is 2.56. The highest BCUT2D eigenvalue weighted by Gasteiger charge is 2.28. The molecule has 128 valence electrons. The summed E-state index contributed by atoms with van der Waals surface area (Å²) in [5, 5.41) is 4.04. The van der Waals surface area contributed by atoms with Crippen LogP contribution in [0.2, 0.25) is 0 Å². The Morgan fingerprint density at radius 1 is 1.48 bits per heavy atom. The molecule has 2 rings (SSSR count). The van der Waals surface area contributed by atoms with Crippen molar-refractivity contribution in [2.45, 2.75) is 52.7 Å².